The second kappa shape index (κ2) is 5.16. The molecule has 1 amide bonds. The van der Waals surface area contributed by atoms with Gasteiger partial charge in [0.05, 0.1) is 6.07 Å². The molecule has 0 saturated heterocycles. The third-order valence-corrected chi connectivity index (χ3v) is 2.25. The molecule has 3 heteroatoms. The summed E-state index contributed by atoms with van der Waals surface area (Å²) >= 11 is 0. The van der Waals surface area contributed by atoms with Crippen LogP contribution in [-0.4, -0.2) is 12.5 Å². The minimum Gasteiger partial charge on any atom is -0.312 e. The third-order valence-electron chi connectivity index (χ3n) is 2.25. The minimum atomic E-state index is -0.144. The fourth-order valence-corrected chi connectivity index (χ4v) is 1.51. The Bertz CT molecular complexity index is 393. The van der Waals surface area contributed by atoms with Gasteiger partial charge in [-0.25, -0.2) is 0 Å². The highest BCUT2D eigenvalue weighted by Gasteiger charge is 2.14. The second-order valence-electron chi connectivity index (χ2n) is 3.26. The van der Waals surface area contributed by atoms with Gasteiger partial charge in [-0.2, -0.15) is 5.26 Å². The summed E-state index contributed by atoms with van der Waals surface area (Å²) in [5, 5.41) is 8.50. The number of carbonyl (C=O) groups excluding carboxylic acids is 1. The van der Waals surface area contributed by atoms with E-state index in [1.807, 2.05) is 44.2 Å². The van der Waals surface area contributed by atoms with E-state index in [9.17, 15) is 4.79 Å². The molecule has 0 N–H and O–H groups in total. The van der Waals surface area contributed by atoms with E-state index in [2.05, 4.69) is 0 Å². The molecule has 1 rings (SSSR count). The predicted octanol–water partition coefficient (Wildman–Crippen LogP) is 2.26. The number of carbonyl (C=O) groups is 1. The van der Waals surface area contributed by atoms with E-state index in [0.29, 0.717) is 6.54 Å². The Morgan fingerprint density at radius 2 is 2.13 bits per heavy atom. The lowest BCUT2D eigenvalue weighted by molar-refractivity contribution is -0.117. The molecule has 0 unspecified atom stereocenters. The Labute approximate surface area is 89.9 Å². The molecule has 0 aliphatic heterocycles. The highest BCUT2D eigenvalue weighted by atomic mass is 16.2. The number of nitriles is 1. The van der Waals surface area contributed by atoms with Crippen LogP contribution in [0, 0.1) is 18.3 Å². The van der Waals surface area contributed by atoms with Crippen molar-refractivity contribution in [1.82, 2.24) is 0 Å². The third kappa shape index (κ3) is 2.57. The van der Waals surface area contributed by atoms with Gasteiger partial charge < -0.3 is 4.90 Å². The normalized spacial score (nSPS) is 9.40. The Morgan fingerprint density at radius 1 is 1.47 bits per heavy atom. The van der Waals surface area contributed by atoms with Crippen LogP contribution in [-0.2, 0) is 4.79 Å². The zero-order valence-electron chi connectivity index (χ0n) is 9.03. The van der Waals surface area contributed by atoms with Crippen LogP contribution in [0.4, 0.5) is 5.69 Å². The van der Waals surface area contributed by atoms with Gasteiger partial charge >= 0.3 is 0 Å². The molecule has 78 valence electrons. The van der Waals surface area contributed by atoms with Crippen LogP contribution < -0.4 is 4.90 Å². The molecule has 0 atom stereocenters. The van der Waals surface area contributed by atoms with Crippen molar-refractivity contribution in [3.63, 3.8) is 0 Å². The van der Waals surface area contributed by atoms with Crippen LogP contribution >= 0.6 is 0 Å². The van der Waals surface area contributed by atoms with E-state index in [1.165, 1.54) is 0 Å². The lowest BCUT2D eigenvalue weighted by atomic mass is 10.1. The van der Waals surface area contributed by atoms with E-state index < -0.39 is 0 Å². The Hall–Kier alpha value is -1.82. The Morgan fingerprint density at radius 3 is 2.67 bits per heavy atom. The second-order valence-corrected chi connectivity index (χ2v) is 3.26. The van der Waals surface area contributed by atoms with Gasteiger partial charge in [0.15, 0.2) is 0 Å². The van der Waals surface area contributed by atoms with Gasteiger partial charge in [-0.15, -0.1) is 0 Å². The average Bonchev–Trinajstić information content (AvgIpc) is 2.22. The van der Waals surface area contributed by atoms with Crippen molar-refractivity contribution >= 4 is 11.6 Å². The van der Waals surface area contributed by atoms with Crippen molar-refractivity contribution in [2.75, 3.05) is 11.4 Å². The first-order valence-electron chi connectivity index (χ1n) is 4.93. The summed E-state index contributed by atoms with van der Waals surface area (Å²) in [7, 11) is 0. The smallest absolute Gasteiger partial charge is 0.241 e. The van der Waals surface area contributed by atoms with E-state index >= 15 is 0 Å². The highest BCUT2D eigenvalue weighted by molar-refractivity contribution is 5.95. The molecule has 0 bridgehead atoms. The SMILES string of the molecule is CCN(C(=O)CC#N)c1ccccc1C. The van der Waals surface area contributed by atoms with Crippen LogP contribution in [0.25, 0.3) is 0 Å². The van der Waals surface area contributed by atoms with Crippen LogP contribution in [0.3, 0.4) is 0 Å². The first-order valence-corrected chi connectivity index (χ1v) is 4.93. The summed E-state index contributed by atoms with van der Waals surface area (Å²) in [5.74, 6) is -0.144. The zero-order chi connectivity index (χ0) is 11.3. The minimum absolute atomic E-state index is 0.0673. The highest BCUT2D eigenvalue weighted by Crippen LogP contribution is 2.19. The maximum Gasteiger partial charge on any atom is 0.241 e. The van der Waals surface area contributed by atoms with Gasteiger partial charge in [-0.1, -0.05) is 18.2 Å². The van der Waals surface area contributed by atoms with Crippen molar-refractivity contribution in [2.45, 2.75) is 20.3 Å². The van der Waals surface area contributed by atoms with Gasteiger partial charge in [0.25, 0.3) is 0 Å². The quantitative estimate of drug-likeness (QED) is 0.754. The van der Waals surface area contributed by atoms with Crippen molar-refractivity contribution in [3.8, 4) is 6.07 Å². The van der Waals surface area contributed by atoms with E-state index in [0.717, 1.165) is 11.3 Å². The largest absolute Gasteiger partial charge is 0.312 e. The zero-order valence-corrected chi connectivity index (χ0v) is 9.03. The van der Waals surface area contributed by atoms with Gasteiger partial charge in [0, 0.05) is 12.2 Å². The van der Waals surface area contributed by atoms with Crippen LogP contribution in [0.15, 0.2) is 24.3 Å². The molecule has 0 heterocycles. The number of benzene rings is 1. The average molecular weight is 202 g/mol. The topological polar surface area (TPSA) is 44.1 Å². The molecule has 0 radical (unpaired) electrons. The lowest BCUT2D eigenvalue weighted by Crippen LogP contribution is -2.30. The van der Waals surface area contributed by atoms with Gasteiger partial charge in [-0.3, -0.25) is 4.79 Å². The maximum atomic E-state index is 11.6. The molecule has 1 aromatic rings. The number of nitrogens with zero attached hydrogens (tertiary/aromatic N) is 2. The van der Waals surface area contributed by atoms with E-state index in [4.69, 9.17) is 5.26 Å². The first kappa shape index (κ1) is 11.3. The molecule has 0 spiro atoms. The summed E-state index contributed by atoms with van der Waals surface area (Å²) in [5.41, 5.74) is 1.94. The molecular formula is C12H14N2O. The fourth-order valence-electron chi connectivity index (χ4n) is 1.51. The lowest BCUT2D eigenvalue weighted by Gasteiger charge is -2.21. The van der Waals surface area contributed by atoms with Crippen molar-refractivity contribution < 1.29 is 4.79 Å². The van der Waals surface area contributed by atoms with Gasteiger partial charge in [0.1, 0.15) is 6.42 Å². The summed E-state index contributed by atoms with van der Waals surface area (Å²) in [6.07, 6.45) is -0.0673. The van der Waals surface area contributed by atoms with Crippen LogP contribution in [0.5, 0.6) is 0 Å². The van der Waals surface area contributed by atoms with Gasteiger partial charge in [0.2, 0.25) is 5.91 Å². The van der Waals surface area contributed by atoms with Crippen molar-refractivity contribution in [1.29, 1.82) is 5.26 Å². The van der Waals surface area contributed by atoms with Crippen molar-refractivity contribution in [3.05, 3.63) is 29.8 Å². The summed E-state index contributed by atoms with van der Waals surface area (Å²) in [6.45, 7) is 4.45. The molecule has 0 saturated carbocycles. The first-order chi connectivity index (χ1) is 7.20. The van der Waals surface area contributed by atoms with Gasteiger partial charge in [-0.05, 0) is 25.5 Å². The number of amides is 1. The summed E-state index contributed by atoms with van der Waals surface area (Å²) in [4.78, 5) is 13.3. The number of aryl methyl sites for hydroxylation is 1. The molecule has 0 aliphatic carbocycles. The number of rotatable bonds is 3. The van der Waals surface area contributed by atoms with Crippen LogP contribution in [0.2, 0.25) is 0 Å². The molecule has 0 aromatic heterocycles. The maximum absolute atomic E-state index is 11.6. The van der Waals surface area contributed by atoms with Crippen LogP contribution in [0.1, 0.15) is 18.9 Å². The number of anilines is 1. The molecular weight excluding hydrogens is 188 g/mol. The standard InChI is InChI=1S/C12H14N2O/c1-3-14(12(15)8-9-13)11-7-5-4-6-10(11)2/h4-7H,3,8H2,1-2H3. The molecule has 15 heavy (non-hydrogen) atoms. The summed E-state index contributed by atoms with van der Waals surface area (Å²) < 4.78 is 0. The molecule has 0 aliphatic rings. The number of para-hydroxylation sites is 1. The van der Waals surface area contributed by atoms with Crippen molar-refractivity contribution in [2.24, 2.45) is 0 Å². The van der Waals surface area contributed by atoms with E-state index in [1.54, 1.807) is 4.90 Å². The number of hydrogen-bond donors (Lipinski definition) is 0. The molecule has 1 aromatic carbocycles. The van der Waals surface area contributed by atoms with E-state index in [-0.39, 0.29) is 12.3 Å². The monoisotopic (exact) mass is 202 g/mol. The molecule has 3 nitrogen and oxygen atoms in total. The fraction of sp³-hybridized carbons (Fsp3) is 0.333. The summed E-state index contributed by atoms with van der Waals surface area (Å²) in [6, 6.07) is 9.56. The number of hydrogen-bond acceptors (Lipinski definition) is 2. The molecule has 0 fully saturated rings. The predicted molar refractivity (Wildman–Crippen MR) is 59.4 cm³/mol. The Kier molecular flexibility index (Phi) is 3.87. The Balaban J connectivity index is 2.98.